The molecule has 0 fully saturated rings. The van der Waals surface area contributed by atoms with Crippen LogP contribution in [0.5, 0.6) is 0 Å². The SMILES string of the molecule is CCCCCCCCCCCCCC(=O)C(C)C(O)(C(=O)CCCCCCCCCCCCC)C(O)(Br)C(C)C. The zero-order valence-corrected chi connectivity index (χ0v) is 28.8. The van der Waals surface area contributed by atoms with E-state index >= 15 is 0 Å². The van der Waals surface area contributed by atoms with Gasteiger partial charge in [0.15, 0.2) is 15.9 Å². The maximum Gasteiger partial charge on any atom is 0.171 e. The van der Waals surface area contributed by atoms with Crippen LogP contribution >= 0.6 is 15.9 Å². The van der Waals surface area contributed by atoms with Crippen LogP contribution in [-0.2, 0) is 9.59 Å². The van der Waals surface area contributed by atoms with Gasteiger partial charge >= 0.3 is 0 Å². The Hall–Kier alpha value is -0.260. The summed E-state index contributed by atoms with van der Waals surface area (Å²) in [7, 11) is 0. The maximum atomic E-state index is 13.4. The first kappa shape index (κ1) is 39.7. The minimum Gasteiger partial charge on any atom is -0.377 e. The lowest BCUT2D eigenvalue weighted by atomic mass is 9.72. The second kappa shape index (κ2) is 24.2. The van der Waals surface area contributed by atoms with Gasteiger partial charge < -0.3 is 10.2 Å². The van der Waals surface area contributed by atoms with Gasteiger partial charge in [-0.1, -0.05) is 179 Å². The number of alkyl halides is 1. The molecule has 3 unspecified atom stereocenters. The Bertz CT molecular complexity index is 633. The van der Waals surface area contributed by atoms with E-state index in [1.54, 1.807) is 20.8 Å². The van der Waals surface area contributed by atoms with E-state index in [2.05, 4.69) is 29.8 Å². The lowest BCUT2D eigenvalue weighted by Gasteiger charge is -2.44. The molecule has 4 nitrogen and oxygen atoms in total. The molecule has 0 amide bonds. The zero-order chi connectivity index (χ0) is 30.3. The standard InChI is InChI=1S/C35H67BrO4/c1-6-8-10-12-14-16-18-20-22-24-26-28-32(37)31(5)34(39,35(36,40)30(3)4)33(38)29-27-25-23-21-19-17-15-13-11-9-7-2/h30-31,39-40H,6-29H2,1-5H3. The highest BCUT2D eigenvalue weighted by molar-refractivity contribution is 9.10. The van der Waals surface area contributed by atoms with Gasteiger partial charge in [-0.2, -0.15) is 0 Å². The molecule has 0 aliphatic heterocycles. The fourth-order valence-electron chi connectivity index (χ4n) is 5.73. The smallest absolute Gasteiger partial charge is 0.171 e. The number of unbranched alkanes of at least 4 members (excludes halogenated alkanes) is 20. The van der Waals surface area contributed by atoms with Crippen molar-refractivity contribution in [3.05, 3.63) is 0 Å². The third-order valence-electron chi connectivity index (χ3n) is 8.87. The average Bonchev–Trinajstić information content (AvgIpc) is 2.93. The van der Waals surface area contributed by atoms with Crippen molar-refractivity contribution in [2.24, 2.45) is 11.8 Å². The summed E-state index contributed by atoms with van der Waals surface area (Å²) in [6.07, 6.45) is 26.8. The van der Waals surface area contributed by atoms with Crippen LogP contribution in [0, 0.1) is 11.8 Å². The van der Waals surface area contributed by atoms with Crippen LogP contribution in [0.15, 0.2) is 0 Å². The van der Waals surface area contributed by atoms with Crippen LogP contribution < -0.4 is 0 Å². The molecule has 0 radical (unpaired) electrons. The van der Waals surface area contributed by atoms with Crippen LogP contribution in [-0.4, -0.2) is 31.9 Å². The molecule has 0 spiro atoms. The number of Topliss-reactive ketones (excluding diaryl/α,β-unsaturated/α-hetero) is 2. The molecule has 0 saturated carbocycles. The number of rotatable bonds is 29. The first-order valence-corrected chi connectivity index (χ1v) is 18.1. The predicted molar refractivity (Wildman–Crippen MR) is 175 cm³/mol. The molecule has 238 valence electrons. The van der Waals surface area contributed by atoms with E-state index in [-0.39, 0.29) is 12.2 Å². The molecule has 0 aromatic carbocycles. The molecule has 40 heavy (non-hydrogen) atoms. The van der Waals surface area contributed by atoms with Crippen molar-refractivity contribution < 1.29 is 19.8 Å². The van der Waals surface area contributed by atoms with E-state index in [0.29, 0.717) is 12.8 Å². The van der Waals surface area contributed by atoms with Crippen molar-refractivity contribution in [1.29, 1.82) is 0 Å². The third-order valence-corrected chi connectivity index (χ3v) is 10.4. The van der Waals surface area contributed by atoms with Gasteiger partial charge in [-0.25, -0.2) is 0 Å². The Morgan fingerprint density at radius 1 is 0.550 bits per heavy atom. The number of halogens is 1. The molecular weight excluding hydrogens is 564 g/mol. The van der Waals surface area contributed by atoms with Crippen molar-refractivity contribution >= 4 is 27.5 Å². The number of carbonyl (C=O) groups is 2. The summed E-state index contributed by atoms with van der Waals surface area (Å²) in [6, 6.07) is 0. The van der Waals surface area contributed by atoms with Crippen LogP contribution in [0.1, 0.15) is 189 Å². The molecule has 0 aliphatic carbocycles. The van der Waals surface area contributed by atoms with Gasteiger partial charge in [0, 0.05) is 12.8 Å². The highest BCUT2D eigenvalue weighted by Gasteiger charge is 2.59. The van der Waals surface area contributed by atoms with E-state index < -0.39 is 27.7 Å². The first-order valence-electron chi connectivity index (χ1n) is 17.3. The molecule has 0 aromatic heterocycles. The highest BCUT2D eigenvalue weighted by atomic mass is 79.9. The lowest BCUT2D eigenvalue weighted by molar-refractivity contribution is -0.176. The van der Waals surface area contributed by atoms with Gasteiger partial charge in [0.25, 0.3) is 0 Å². The molecule has 0 heterocycles. The summed E-state index contributed by atoms with van der Waals surface area (Å²) in [5.74, 6) is -1.95. The Kier molecular flexibility index (Phi) is 24.1. The van der Waals surface area contributed by atoms with Gasteiger partial charge in [-0.05, 0) is 18.8 Å². The van der Waals surface area contributed by atoms with Crippen molar-refractivity contribution in [3.63, 3.8) is 0 Å². The van der Waals surface area contributed by atoms with Gasteiger partial charge in [0.1, 0.15) is 5.78 Å². The number of ketones is 2. The van der Waals surface area contributed by atoms with E-state index in [1.807, 2.05) is 0 Å². The van der Waals surface area contributed by atoms with Crippen molar-refractivity contribution in [1.82, 2.24) is 0 Å². The number of hydrogen-bond acceptors (Lipinski definition) is 4. The number of aliphatic hydroxyl groups is 2. The summed E-state index contributed by atoms with van der Waals surface area (Å²) in [4.78, 5) is 26.5. The average molecular weight is 632 g/mol. The van der Waals surface area contributed by atoms with Gasteiger partial charge in [0.05, 0.1) is 5.92 Å². The Labute approximate surface area is 257 Å². The van der Waals surface area contributed by atoms with Crippen LogP contribution in [0.25, 0.3) is 0 Å². The largest absolute Gasteiger partial charge is 0.377 e. The molecule has 0 aliphatic rings. The van der Waals surface area contributed by atoms with E-state index in [1.165, 1.54) is 103 Å². The molecule has 0 aromatic rings. The van der Waals surface area contributed by atoms with E-state index in [4.69, 9.17) is 0 Å². The van der Waals surface area contributed by atoms with Gasteiger partial charge in [-0.15, -0.1) is 0 Å². The maximum absolute atomic E-state index is 13.4. The van der Waals surface area contributed by atoms with E-state index in [9.17, 15) is 19.8 Å². The molecular formula is C35H67BrO4. The quantitative estimate of drug-likeness (QED) is 0.0636. The molecule has 0 bridgehead atoms. The van der Waals surface area contributed by atoms with Gasteiger partial charge in [-0.3, -0.25) is 9.59 Å². The Morgan fingerprint density at radius 2 is 0.850 bits per heavy atom. The summed E-state index contributed by atoms with van der Waals surface area (Å²) in [5, 5.41) is 22.9. The fraction of sp³-hybridized carbons (Fsp3) is 0.943. The van der Waals surface area contributed by atoms with Crippen LogP contribution in [0.3, 0.4) is 0 Å². The normalized spacial score (nSPS) is 15.6. The molecule has 0 rings (SSSR count). The molecule has 3 atom stereocenters. The molecule has 5 heteroatoms. The number of hydrogen-bond donors (Lipinski definition) is 2. The Balaban J connectivity index is 4.54. The second-order valence-corrected chi connectivity index (χ2v) is 14.0. The summed E-state index contributed by atoms with van der Waals surface area (Å²) >= 11 is 3.28. The van der Waals surface area contributed by atoms with Crippen LogP contribution in [0.2, 0.25) is 0 Å². The van der Waals surface area contributed by atoms with Crippen molar-refractivity contribution in [3.8, 4) is 0 Å². The van der Waals surface area contributed by atoms with Crippen molar-refractivity contribution in [2.75, 3.05) is 0 Å². The summed E-state index contributed by atoms with van der Waals surface area (Å²) in [5.41, 5.74) is -2.13. The summed E-state index contributed by atoms with van der Waals surface area (Å²) < 4.78 is -1.85. The highest BCUT2D eigenvalue weighted by Crippen LogP contribution is 2.43. The van der Waals surface area contributed by atoms with Gasteiger partial charge in [0.2, 0.25) is 0 Å². The second-order valence-electron chi connectivity index (χ2n) is 12.8. The monoisotopic (exact) mass is 630 g/mol. The minimum absolute atomic E-state index is 0.135. The topological polar surface area (TPSA) is 74.6 Å². The molecule has 2 N–H and O–H groups in total. The third kappa shape index (κ3) is 15.8. The predicted octanol–water partition coefficient (Wildman–Crippen LogP) is 10.6. The molecule has 0 saturated heterocycles. The first-order chi connectivity index (χ1) is 19.1. The van der Waals surface area contributed by atoms with E-state index in [0.717, 1.165) is 32.1 Å². The lowest BCUT2D eigenvalue weighted by Crippen LogP contribution is -2.63. The number of carbonyl (C=O) groups excluding carboxylic acids is 2. The van der Waals surface area contributed by atoms with Crippen molar-refractivity contribution in [2.45, 2.75) is 199 Å². The fourth-order valence-corrected chi connectivity index (χ4v) is 6.30. The van der Waals surface area contributed by atoms with Crippen LogP contribution in [0.4, 0.5) is 0 Å². The minimum atomic E-state index is -2.13. The zero-order valence-electron chi connectivity index (χ0n) is 27.2. The summed E-state index contributed by atoms with van der Waals surface area (Å²) in [6.45, 7) is 9.62. The Morgan fingerprint density at radius 3 is 1.18 bits per heavy atom.